The van der Waals surface area contributed by atoms with Gasteiger partial charge < -0.3 is 0 Å². The van der Waals surface area contributed by atoms with Crippen LogP contribution in [-0.4, -0.2) is 32.9 Å². The first-order valence-electron chi connectivity index (χ1n) is 6.41. The van der Waals surface area contributed by atoms with E-state index >= 15 is 0 Å². The van der Waals surface area contributed by atoms with E-state index in [1.807, 2.05) is 6.92 Å². The molecule has 0 aromatic carbocycles. The molecule has 0 aliphatic heterocycles. The van der Waals surface area contributed by atoms with Gasteiger partial charge in [0.2, 0.25) is 0 Å². The molecule has 0 radical (unpaired) electrons. The van der Waals surface area contributed by atoms with E-state index in [0.29, 0.717) is 18.8 Å². The molecule has 0 unspecified atom stereocenters. The lowest BCUT2D eigenvalue weighted by molar-refractivity contribution is -0.301. The minimum absolute atomic E-state index is 0.275. The number of hydrogen-bond donors (Lipinski definition) is 0. The first-order valence-corrected chi connectivity index (χ1v) is 8.23. The molecule has 0 rings (SSSR count). The minimum atomic E-state index is -5.89. The second kappa shape index (κ2) is 8.07. The van der Waals surface area contributed by atoms with Gasteiger partial charge in [0, 0.05) is 0 Å². The number of halogens is 5. The Morgan fingerprint density at radius 1 is 1.10 bits per heavy atom. The number of allylic oxidation sites excluding steroid dienone is 1. The van der Waals surface area contributed by atoms with E-state index in [1.54, 1.807) is 0 Å². The molecule has 0 saturated heterocycles. The van der Waals surface area contributed by atoms with Crippen molar-refractivity contribution >= 4 is 10.1 Å². The number of rotatable bonds is 9. The summed E-state index contributed by atoms with van der Waals surface area (Å²) in [6, 6.07) is 0. The van der Waals surface area contributed by atoms with Gasteiger partial charge in [-0.25, -0.2) is 0 Å². The Bertz CT molecular complexity index is 429. The van der Waals surface area contributed by atoms with Gasteiger partial charge in [0.05, 0.1) is 6.26 Å². The zero-order chi connectivity index (χ0) is 16.7. The van der Waals surface area contributed by atoms with E-state index in [9.17, 15) is 30.4 Å². The van der Waals surface area contributed by atoms with Gasteiger partial charge in [-0.3, -0.25) is 4.18 Å². The normalized spacial score (nSPS) is 15.6. The van der Waals surface area contributed by atoms with Crippen LogP contribution in [0.15, 0.2) is 12.2 Å². The van der Waals surface area contributed by atoms with Crippen LogP contribution in [-0.2, 0) is 14.3 Å². The molecular weight excluding hydrogens is 319 g/mol. The zero-order valence-electron chi connectivity index (χ0n) is 11.8. The summed E-state index contributed by atoms with van der Waals surface area (Å²) in [6.45, 7) is 1.97. The molecule has 0 saturated carbocycles. The Kier molecular flexibility index (Phi) is 7.80. The molecule has 21 heavy (non-hydrogen) atoms. The molecule has 0 N–H and O–H groups in total. The quantitative estimate of drug-likeness (QED) is 0.276. The third-order valence-electron chi connectivity index (χ3n) is 2.55. The summed E-state index contributed by atoms with van der Waals surface area (Å²) in [5.41, 5.74) is 0. The fourth-order valence-corrected chi connectivity index (χ4v) is 2.03. The van der Waals surface area contributed by atoms with Gasteiger partial charge in [-0.15, -0.1) is 0 Å². The van der Waals surface area contributed by atoms with Crippen molar-refractivity contribution in [2.75, 3.05) is 6.26 Å². The highest BCUT2D eigenvalue weighted by atomic mass is 32.2. The average Bonchev–Trinajstić information content (AvgIpc) is 2.29. The highest BCUT2D eigenvalue weighted by Gasteiger charge is 2.63. The molecule has 0 fully saturated rings. The summed E-state index contributed by atoms with van der Waals surface area (Å²) in [5, 5.41) is 0. The van der Waals surface area contributed by atoms with Crippen molar-refractivity contribution in [3.05, 3.63) is 12.2 Å². The van der Waals surface area contributed by atoms with Crippen molar-refractivity contribution in [2.45, 2.75) is 57.2 Å². The fraction of sp³-hybridized carbons (Fsp3) is 0.833. The Morgan fingerprint density at radius 2 is 1.67 bits per heavy atom. The van der Waals surface area contributed by atoms with E-state index in [0.717, 1.165) is 25.3 Å². The maximum absolute atomic E-state index is 13.2. The van der Waals surface area contributed by atoms with Crippen molar-refractivity contribution in [3.8, 4) is 0 Å². The van der Waals surface area contributed by atoms with Crippen LogP contribution >= 0.6 is 0 Å². The minimum Gasteiger partial charge on any atom is -0.256 e. The molecule has 3 nitrogen and oxygen atoms in total. The number of unbranched alkanes of at least 4 members (excludes halogenated alkanes) is 4. The van der Waals surface area contributed by atoms with Gasteiger partial charge in [-0.2, -0.15) is 30.4 Å². The van der Waals surface area contributed by atoms with Gasteiger partial charge in [-0.1, -0.05) is 38.3 Å². The molecule has 0 aliphatic carbocycles. The van der Waals surface area contributed by atoms with E-state index in [4.69, 9.17) is 0 Å². The Labute approximate surface area is 121 Å². The van der Waals surface area contributed by atoms with Crippen molar-refractivity contribution in [1.82, 2.24) is 0 Å². The predicted octanol–water partition coefficient (Wildman–Crippen LogP) is 4.06. The Morgan fingerprint density at radius 3 is 2.10 bits per heavy atom. The lowest BCUT2D eigenvalue weighted by Crippen LogP contribution is -2.48. The molecule has 0 bridgehead atoms. The summed E-state index contributed by atoms with van der Waals surface area (Å²) < 4.78 is 88.7. The van der Waals surface area contributed by atoms with Crippen LogP contribution in [0.3, 0.4) is 0 Å². The lowest BCUT2D eigenvalue weighted by Gasteiger charge is -2.25. The van der Waals surface area contributed by atoms with Crippen LogP contribution in [0.5, 0.6) is 0 Å². The molecular formula is C12H19F5O3S. The molecule has 0 aromatic heterocycles. The van der Waals surface area contributed by atoms with E-state index in [1.165, 1.54) is 0 Å². The smallest absolute Gasteiger partial charge is 0.256 e. The molecule has 0 aromatic rings. The third kappa shape index (κ3) is 7.75. The average molecular weight is 338 g/mol. The van der Waals surface area contributed by atoms with E-state index < -0.39 is 28.3 Å². The van der Waals surface area contributed by atoms with Gasteiger partial charge in [-0.05, 0) is 12.8 Å². The number of alkyl halides is 5. The van der Waals surface area contributed by atoms with Gasteiger partial charge in [0.15, 0.2) is 6.10 Å². The molecule has 9 heteroatoms. The van der Waals surface area contributed by atoms with Gasteiger partial charge in [0.1, 0.15) is 0 Å². The summed E-state index contributed by atoms with van der Waals surface area (Å²) in [4.78, 5) is 0. The molecule has 0 heterocycles. The van der Waals surface area contributed by atoms with Crippen LogP contribution in [0.25, 0.3) is 0 Å². The second-order valence-corrected chi connectivity index (χ2v) is 6.22. The van der Waals surface area contributed by atoms with Crippen LogP contribution in [0.2, 0.25) is 0 Å². The van der Waals surface area contributed by atoms with Crippen molar-refractivity contribution < 1.29 is 34.6 Å². The first-order chi connectivity index (χ1) is 9.42. The standard InChI is InChI=1S/C12H19F5O3S/c1-3-4-5-6-7-8-9-10(20-21(2,18)19)11(13,14)12(15,16)17/h8-10H,3-7H2,1-2H3/b9-8+/t10-/m0/s1. The molecule has 1 atom stereocenters. The maximum atomic E-state index is 13.2. The monoisotopic (exact) mass is 338 g/mol. The summed E-state index contributed by atoms with van der Waals surface area (Å²) >= 11 is 0. The van der Waals surface area contributed by atoms with Crippen molar-refractivity contribution in [2.24, 2.45) is 0 Å². The summed E-state index contributed by atoms with van der Waals surface area (Å²) in [6.07, 6.45) is -3.23. The molecule has 0 amide bonds. The number of hydrogen-bond acceptors (Lipinski definition) is 3. The molecule has 0 aliphatic rings. The van der Waals surface area contributed by atoms with Crippen molar-refractivity contribution in [1.29, 1.82) is 0 Å². The van der Waals surface area contributed by atoms with Gasteiger partial charge >= 0.3 is 12.1 Å². The Balaban J connectivity index is 4.88. The van der Waals surface area contributed by atoms with Crippen LogP contribution in [0, 0.1) is 0 Å². The van der Waals surface area contributed by atoms with Crippen LogP contribution in [0.4, 0.5) is 22.0 Å². The van der Waals surface area contributed by atoms with Crippen LogP contribution < -0.4 is 0 Å². The van der Waals surface area contributed by atoms with Gasteiger partial charge in [0.25, 0.3) is 10.1 Å². The zero-order valence-corrected chi connectivity index (χ0v) is 12.6. The highest BCUT2D eigenvalue weighted by Crippen LogP contribution is 2.40. The second-order valence-electron chi connectivity index (χ2n) is 4.62. The van der Waals surface area contributed by atoms with E-state index in [2.05, 4.69) is 4.18 Å². The highest BCUT2D eigenvalue weighted by molar-refractivity contribution is 7.86. The summed E-state index contributed by atoms with van der Waals surface area (Å²) in [7, 11) is -4.45. The Hall–Kier alpha value is -0.700. The topological polar surface area (TPSA) is 43.4 Å². The third-order valence-corrected chi connectivity index (χ3v) is 3.11. The lowest BCUT2D eigenvalue weighted by atomic mass is 10.1. The first kappa shape index (κ1) is 20.3. The summed E-state index contributed by atoms with van der Waals surface area (Å²) in [5.74, 6) is -5.28. The van der Waals surface area contributed by atoms with E-state index in [-0.39, 0.29) is 6.42 Å². The fourth-order valence-electron chi connectivity index (χ4n) is 1.47. The largest absolute Gasteiger partial charge is 0.456 e. The maximum Gasteiger partial charge on any atom is 0.456 e. The molecule has 126 valence electrons. The molecule has 0 spiro atoms. The SMILES string of the molecule is CCCCCC/C=C/[C@H](OS(C)(=O)=O)C(F)(F)C(F)(F)F. The van der Waals surface area contributed by atoms with Crippen LogP contribution in [0.1, 0.15) is 39.0 Å². The van der Waals surface area contributed by atoms with Crippen molar-refractivity contribution in [3.63, 3.8) is 0 Å². The predicted molar refractivity (Wildman–Crippen MR) is 68.6 cm³/mol.